The van der Waals surface area contributed by atoms with Crippen molar-refractivity contribution >= 4 is 17.8 Å². The summed E-state index contributed by atoms with van der Waals surface area (Å²) in [6.45, 7) is 3.13. The summed E-state index contributed by atoms with van der Waals surface area (Å²) in [5.74, 6) is -2.53. The Bertz CT molecular complexity index is 649. The number of nitrogens with one attached hydrogen (secondary N) is 1. The number of carbonyl (C=O) groups excluding carboxylic acids is 3. The van der Waals surface area contributed by atoms with Gasteiger partial charge in [-0.05, 0) is 23.6 Å². The summed E-state index contributed by atoms with van der Waals surface area (Å²) in [4.78, 5) is 35.4. The predicted octanol–water partition coefficient (Wildman–Crippen LogP) is 1.62. The average molecular weight is 369 g/mol. The van der Waals surface area contributed by atoms with E-state index in [1.807, 2.05) is 6.92 Å². The molecule has 0 unspecified atom stereocenters. The van der Waals surface area contributed by atoms with E-state index < -0.39 is 36.3 Å². The molecule has 2 atom stereocenters. The third-order valence-corrected chi connectivity index (χ3v) is 3.91. The van der Waals surface area contributed by atoms with Gasteiger partial charge in [0.25, 0.3) is 5.91 Å². The zero-order chi connectivity index (χ0) is 19.7. The maximum Gasteiger partial charge on any atom is 0.328 e. The van der Waals surface area contributed by atoms with Gasteiger partial charge in [0, 0.05) is 0 Å². The molecule has 1 aromatic carbocycles. The summed E-state index contributed by atoms with van der Waals surface area (Å²) in [5, 5.41) is 2.49. The molecule has 1 N–H and O–H groups in total. The topological polar surface area (TPSA) is 90.9 Å². The maximum atomic E-state index is 13.6. The van der Waals surface area contributed by atoms with Crippen LogP contribution >= 0.6 is 0 Å². The fourth-order valence-electron chi connectivity index (χ4n) is 2.19. The molecule has 0 saturated heterocycles. The molecular weight excluding hydrogens is 345 g/mol. The Hall–Kier alpha value is -2.64. The van der Waals surface area contributed by atoms with Crippen LogP contribution in [0.25, 0.3) is 0 Å². The second kappa shape index (κ2) is 10.4. The lowest BCUT2D eigenvalue weighted by atomic mass is 9.99. The van der Waals surface area contributed by atoms with Crippen LogP contribution in [0.15, 0.2) is 18.2 Å². The highest BCUT2D eigenvalue weighted by molar-refractivity contribution is 5.86. The molecule has 0 aromatic heterocycles. The summed E-state index contributed by atoms with van der Waals surface area (Å²) in [6.07, 6.45) is 0.461. The van der Waals surface area contributed by atoms with E-state index in [9.17, 15) is 18.8 Å². The average Bonchev–Trinajstić information content (AvgIpc) is 2.63. The third kappa shape index (κ3) is 6.34. The lowest BCUT2D eigenvalue weighted by Gasteiger charge is -2.21. The van der Waals surface area contributed by atoms with Crippen LogP contribution in [-0.4, -0.2) is 44.7 Å². The molecule has 7 nitrogen and oxygen atoms in total. The lowest BCUT2D eigenvalue weighted by molar-refractivity contribution is -0.150. The van der Waals surface area contributed by atoms with Gasteiger partial charge in [0.2, 0.25) is 0 Å². The number of ether oxygens (including phenoxy) is 3. The predicted molar refractivity (Wildman–Crippen MR) is 91.0 cm³/mol. The molecule has 1 amide bonds. The highest BCUT2D eigenvalue weighted by atomic mass is 19.1. The molecular formula is C18H24FNO6. The Morgan fingerprint density at radius 1 is 1.23 bits per heavy atom. The van der Waals surface area contributed by atoms with Gasteiger partial charge in [-0.15, -0.1) is 0 Å². The molecule has 0 aliphatic heterocycles. The molecule has 26 heavy (non-hydrogen) atoms. The van der Waals surface area contributed by atoms with Crippen LogP contribution in [0.2, 0.25) is 0 Å². The van der Waals surface area contributed by atoms with Gasteiger partial charge in [-0.2, -0.15) is 0 Å². The first-order chi connectivity index (χ1) is 12.3. The molecule has 0 fully saturated rings. The second-order valence-electron chi connectivity index (χ2n) is 5.76. The normalized spacial score (nSPS) is 12.7. The Morgan fingerprint density at radius 2 is 1.92 bits per heavy atom. The molecule has 0 aliphatic rings. The molecule has 0 heterocycles. The number of halogens is 1. The standard InChI is InChI=1S/C18H24FNO6/c1-5-11(2)17(18(23)25-4)20-15(21)10-26-16(22)9-12-6-7-14(24-3)13(19)8-12/h6-8,11,17H,5,9-10H2,1-4H3,(H,20,21)/t11-,17-/m1/s1. The van der Waals surface area contributed by atoms with E-state index in [4.69, 9.17) is 9.47 Å². The van der Waals surface area contributed by atoms with Crippen molar-refractivity contribution in [1.29, 1.82) is 0 Å². The molecule has 144 valence electrons. The molecule has 0 saturated carbocycles. The Kier molecular flexibility index (Phi) is 8.54. The van der Waals surface area contributed by atoms with Crippen LogP contribution in [0.1, 0.15) is 25.8 Å². The van der Waals surface area contributed by atoms with E-state index >= 15 is 0 Å². The van der Waals surface area contributed by atoms with E-state index in [0.29, 0.717) is 12.0 Å². The van der Waals surface area contributed by atoms with E-state index in [0.717, 1.165) is 6.07 Å². The minimum absolute atomic E-state index is 0.0698. The second-order valence-corrected chi connectivity index (χ2v) is 5.76. The van der Waals surface area contributed by atoms with E-state index in [1.165, 1.54) is 26.4 Å². The minimum atomic E-state index is -0.813. The number of methoxy groups -OCH3 is 2. The third-order valence-electron chi connectivity index (χ3n) is 3.91. The number of carbonyl (C=O) groups is 3. The summed E-state index contributed by atoms with van der Waals surface area (Å²) < 4.78 is 27.9. The zero-order valence-electron chi connectivity index (χ0n) is 15.3. The molecule has 0 bridgehead atoms. The molecule has 1 rings (SSSR count). The number of hydrogen-bond donors (Lipinski definition) is 1. The van der Waals surface area contributed by atoms with Crippen molar-refractivity contribution in [2.45, 2.75) is 32.7 Å². The van der Waals surface area contributed by atoms with Gasteiger partial charge >= 0.3 is 11.9 Å². The van der Waals surface area contributed by atoms with Crippen LogP contribution in [-0.2, 0) is 30.3 Å². The first-order valence-electron chi connectivity index (χ1n) is 8.17. The van der Waals surface area contributed by atoms with Crippen molar-refractivity contribution in [2.24, 2.45) is 5.92 Å². The monoisotopic (exact) mass is 369 g/mol. The van der Waals surface area contributed by atoms with Gasteiger partial charge in [-0.25, -0.2) is 9.18 Å². The van der Waals surface area contributed by atoms with Crippen molar-refractivity contribution in [3.63, 3.8) is 0 Å². The van der Waals surface area contributed by atoms with Gasteiger partial charge in [-0.1, -0.05) is 26.3 Å². The highest BCUT2D eigenvalue weighted by Gasteiger charge is 2.26. The fraction of sp³-hybridized carbons (Fsp3) is 0.500. The molecule has 0 spiro atoms. The quantitative estimate of drug-likeness (QED) is 0.665. The van der Waals surface area contributed by atoms with Gasteiger partial charge in [-0.3, -0.25) is 9.59 Å². The van der Waals surface area contributed by atoms with Crippen LogP contribution in [0, 0.1) is 11.7 Å². The first kappa shape index (κ1) is 21.4. The van der Waals surface area contributed by atoms with Crippen molar-refractivity contribution in [2.75, 3.05) is 20.8 Å². The van der Waals surface area contributed by atoms with Crippen LogP contribution in [0.5, 0.6) is 5.75 Å². The highest BCUT2D eigenvalue weighted by Crippen LogP contribution is 2.18. The molecule has 0 radical (unpaired) electrons. The number of benzene rings is 1. The molecule has 1 aromatic rings. The lowest BCUT2D eigenvalue weighted by Crippen LogP contribution is -2.47. The van der Waals surface area contributed by atoms with Crippen molar-refractivity contribution in [3.05, 3.63) is 29.6 Å². The summed E-state index contributed by atoms with van der Waals surface area (Å²) in [7, 11) is 2.57. The molecule has 0 aliphatic carbocycles. The van der Waals surface area contributed by atoms with Gasteiger partial charge in [0.1, 0.15) is 6.04 Å². The smallest absolute Gasteiger partial charge is 0.328 e. The van der Waals surface area contributed by atoms with Gasteiger partial charge < -0.3 is 19.5 Å². The summed E-state index contributed by atoms with van der Waals surface area (Å²) in [5.41, 5.74) is 0.390. The Balaban J connectivity index is 2.54. The Labute approximate surface area is 151 Å². The van der Waals surface area contributed by atoms with Crippen LogP contribution in [0.4, 0.5) is 4.39 Å². The largest absolute Gasteiger partial charge is 0.494 e. The number of esters is 2. The van der Waals surface area contributed by atoms with Crippen molar-refractivity contribution in [3.8, 4) is 5.75 Å². The number of amides is 1. The molecule has 8 heteroatoms. The van der Waals surface area contributed by atoms with Crippen LogP contribution < -0.4 is 10.1 Å². The Morgan fingerprint density at radius 3 is 2.46 bits per heavy atom. The van der Waals surface area contributed by atoms with Crippen molar-refractivity contribution in [1.82, 2.24) is 5.32 Å². The van der Waals surface area contributed by atoms with Crippen LogP contribution in [0.3, 0.4) is 0 Å². The van der Waals surface area contributed by atoms with Crippen molar-refractivity contribution < 1.29 is 33.0 Å². The minimum Gasteiger partial charge on any atom is -0.494 e. The first-order valence-corrected chi connectivity index (χ1v) is 8.17. The van der Waals surface area contributed by atoms with E-state index in [1.54, 1.807) is 6.92 Å². The SMILES string of the molecule is CC[C@@H](C)[C@@H](NC(=O)COC(=O)Cc1ccc(OC)c(F)c1)C(=O)OC. The van der Waals surface area contributed by atoms with E-state index in [2.05, 4.69) is 10.1 Å². The maximum absolute atomic E-state index is 13.6. The van der Waals surface area contributed by atoms with Gasteiger partial charge in [0.05, 0.1) is 20.6 Å². The zero-order valence-corrected chi connectivity index (χ0v) is 15.3. The van der Waals surface area contributed by atoms with Gasteiger partial charge in [0.15, 0.2) is 18.2 Å². The summed E-state index contributed by atoms with van der Waals surface area (Å²) >= 11 is 0. The van der Waals surface area contributed by atoms with E-state index in [-0.39, 0.29) is 18.1 Å². The fourth-order valence-corrected chi connectivity index (χ4v) is 2.19. The summed E-state index contributed by atoms with van der Waals surface area (Å²) in [6, 6.07) is 3.28. The number of rotatable bonds is 9. The number of hydrogen-bond acceptors (Lipinski definition) is 6.